The first-order chi connectivity index (χ1) is 10.2. The Balaban J connectivity index is 1.56. The van der Waals surface area contributed by atoms with Gasteiger partial charge in [0.15, 0.2) is 0 Å². The van der Waals surface area contributed by atoms with Crippen LogP contribution in [0.2, 0.25) is 0 Å². The van der Waals surface area contributed by atoms with E-state index in [1.54, 1.807) is 0 Å². The van der Waals surface area contributed by atoms with Crippen molar-refractivity contribution >= 4 is 5.91 Å². The number of morpholine rings is 1. The fraction of sp³-hybridized carbons (Fsp3) is 0.786. The van der Waals surface area contributed by atoms with Gasteiger partial charge in [-0.1, -0.05) is 6.92 Å². The van der Waals surface area contributed by atoms with Gasteiger partial charge in [-0.25, -0.2) is 0 Å². The molecule has 1 saturated heterocycles. The minimum absolute atomic E-state index is 0.190. The summed E-state index contributed by atoms with van der Waals surface area (Å²) in [6.45, 7) is 9.04. The third-order valence-electron chi connectivity index (χ3n) is 4.32. The van der Waals surface area contributed by atoms with Crippen LogP contribution < -0.4 is 0 Å². The minimum atomic E-state index is 0.190. The van der Waals surface area contributed by atoms with Crippen molar-refractivity contribution < 1.29 is 9.53 Å². The second-order valence-corrected chi connectivity index (χ2v) is 5.77. The van der Waals surface area contributed by atoms with E-state index in [9.17, 15) is 4.79 Å². The lowest BCUT2D eigenvalue weighted by molar-refractivity contribution is -0.140. The zero-order valence-corrected chi connectivity index (χ0v) is 12.8. The van der Waals surface area contributed by atoms with Crippen molar-refractivity contribution in [3.05, 3.63) is 11.6 Å². The maximum Gasteiger partial charge on any atom is 0.236 e. The average Bonchev–Trinajstić information content (AvgIpc) is 2.88. The van der Waals surface area contributed by atoms with E-state index in [1.807, 2.05) is 11.8 Å². The normalized spacial score (nSPS) is 23.1. The molecule has 0 saturated carbocycles. The molecular formula is C14H23N5O2. The van der Waals surface area contributed by atoms with Crippen LogP contribution in [-0.2, 0) is 22.6 Å². The zero-order chi connectivity index (χ0) is 14.8. The first-order valence-corrected chi connectivity index (χ1v) is 7.67. The molecule has 2 aliphatic heterocycles. The fourth-order valence-corrected chi connectivity index (χ4v) is 2.97. The van der Waals surface area contributed by atoms with Crippen molar-refractivity contribution in [1.29, 1.82) is 0 Å². The summed E-state index contributed by atoms with van der Waals surface area (Å²) in [5, 5.41) is 8.28. The number of amides is 1. The summed E-state index contributed by atoms with van der Waals surface area (Å²) in [5.41, 5.74) is 0. The second kappa shape index (κ2) is 6.11. The fourth-order valence-electron chi connectivity index (χ4n) is 2.97. The van der Waals surface area contributed by atoms with Gasteiger partial charge >= 0.3 is 0 Å². The number of ether oxygens (including phenoxy) is 1. The van der Waals surface area contributed by atoms with Gasteiger partial charge in [0, 0.05) is 26.2 Å². The Bertz CT molecular complexity index is 515. The van der Waals surface area contributed by atoms with Gasteiger partial charge in [-0.05, 0) is 13.3 Å². The standard InChI is InChI=1S/C14H23N5O2/c1-3-12-8-18(6-7-21-12)14(20)10-17-4-5-19-11(2)15-16-13(19)9-17/h12H,3-10H2,1-2H3. The van der Waals surface area contributed by atoms with Gasteiger partial charge in [-0.3, -0.25) is 9.69 Å². The molecule has 1 fully saturated rings. The first-order valence-electron chi connectivity index (χ1n) is 7.67. The summed E-state index contributed by atoms with van der Waals surface area (Å²) in [7, 11) is 0. The molecule has 0 aromatic carbocycles. The summed E-state index contributed by atoms with van der Waals surface area (Å²) in [6.07, 6.45) is 1.14. The van der Waals surface area contributed by atoms with Crippen LogP contribution in [0.4, 0.5) is 0 Å². The van der Waals surface area contributed by atoms with Crippen molar-refractivity contribution in [1.82, 2.24) is 24.6 Å². The van der Waals surface area contributed by atoms with Crippen molar-refractivity contribution in [3.8, 4) is 0 Å². The predicted molar refractivity (Wildman–Crippen MR) is 76.6 cm³/mol. The van der Waals surface area contributed by atoms with Gasteiger partial charge in [0.05, 0.1) is 25.8 Å². The topological polar surface area (TPSA) is 63.5 Å². The number of carbonyl (C=O) groups is 1. The Labute approximate surface area is 124 Å². The predicted octanol–water partition coefficient (Wildman–Crippen LogP) is 0.0395. The third-order valence-corrected chi connectivity index (χ3v) is 4.32. The number of aryl methyl sites for hydroxylation is 1. The molecule has 1 aromatic rings. The Morgan fingerprint density at radius 2 is 2.19 bits per heavy atom. The van der Waals surface area contributed by atoms with E-state index in [0.717, 1.165) is 37.7 Å². The molecule has 116 valence electrons. The zero-order valence-electron chi connectivity index (χ0n) is 12.8. The van der Waals surface area contributed by atoms with E-state index in [2.05, 4.69) is 26.6 Å². The van der Waals surface area contributed by atoms with Crippen LogP contribution in [-0.4, -0.2) is 69.4 Å². The lowest BCUT2D eigenvalue weighted by Crippen LogP contribution is -2.49. The van der Waals surface area contributed by atoms with Crippen LogP contribution in [0.3, 0.4) is 0 Å². The molecule has 0 N–H and O–H groups in total. The molecule has 0 aliphatic carbocycles. The molecule has 7 heteroatoms. The quantitative estimate of drug-likeness (QED) is 0.787. The van der Waals surface area contributed by atoms with Crippen LogP contribution in [0.1, 0.15) is 25.0 Å². The number of rotatable bonds is 3. The van der Waals surface area contributed by atoms with Crippen LogP contribution in [0.25, 0.3) is 0 Å². The lowest BCUT2D eigenvalue weighted by Gasteiger charge is -2.34. The van der Waals surface area contributed by atoms with Gasteiger partial charge in [-0.15, -0.1) is 10.2 Å². The van der Waals surface area contributed by atoms with E-state index in [4.69, 9.17) is 4.74 Å². The number of carbonyl (C=O) groups excluding carboxylic acids is 1. The monoisotopic (exact) mass is 293 g/mol. The molecule has 1 amide bonds. The van der Waals surface area contributed by atoms with Gasteiger partial charge < -0.3 is 14.2 Å². The van der Waals surface area contributed by atoms with E-state index in [0.29, 0.717) is 26.2 Å². The van der Waals surface area contributed by atoms with E-state index < -0.39 is 0 Å². The molecule has 7 nitrogen and oxygen atoms in total. The smallest absolute Gasteiger partial charge is 0.236 e. The van der Waals surface area contributed by atoms with Crippen molar-refractivity contribution in [3.63, 3.8) is 0 Å². The highest BCUT2D eigenvalue weighted by atomic mass is 16.5. The molecule has 3 heterocycles. The van der Waals surface area contributed by atoms with E-state index in [-0.39, 0.29) is 12.0 Å². The Hall–Kier alpha value is -1.47. The van der Waals surface area contributed by atoms with Crippen LogP contribution >= 0.6 is 0 Å². The highest BCUT2D eigenvalue weighted by molar-refractivity contribution is 5.78. The van der Waals surface area contributed by atoms with E-state index in [1.165, 1.54) is 0 Å². The highest BCUT2D eigenvalue weighted by Crippen LogP contribution is 2.13. The number of hydrogen-bond donors (Lipinski definition) is 0. The Morgan fingerprint density at radius 1 is 1.33 bits per heavy atom. The maximum absolute atomic E-state index is 12.4. The van der Waals surface area contributed by atoms with Crippen molar-refractivity contribution in [2.45, 2.75) is 39.5 Å². The van der Waals surface area contributed by atoms with E-state index >= 15 is 0 Å². The van der Waals surface area contributed by atoms with Crippen LogP contribution in [0.5, 0.6) is 0 Å². The average molecular weight is 293 g/mol. The van der Waals surface area contributed by atoms with Crippen LogP contribution in [0, 0.1) is 6.92 Å². The Kier molecular flexibility index (Phi) is 4.21. The largest absolute Gasteiger partial charge is 0.375 e. The molecule has 3 rings (SSSR count). The molecule has 2 aliphatic rings. The van der Waals surface area contributed by atoms with Gasteiger partial charge in [0.2, 0.25) is 5.91 Å². The summed E-state index contributed by atoms with van der Waals surface area (Å²) >= 11 is 0. The molecule has 1 aromatic heterocycles. The van der Waals surface area contributed by atoms with Crippen LogP contribution in [0.15, 0.2) is 0 Å². The number of fused-ring (bicyclic) bond motifs is 1. The number of hydrogen-bond acceptors (Lipinski definition) is 5. The molecule has 0 bridgehead atoms. The first kappa shape index (κ1) is 14.5. The SMILES string of the molecule is CCC1CN(C(=O)CN2CCn3c(C)nnc3C2)CCO1. The lowest BCUT2D eigenvalue weighted by atomic mass is 10.2. The highest BCUT2D eigenvalue weighted by Gasteiger charge is 2.26. The third kappa shape index (κ3) is 3.08. The summed E-state index contributed by atoms with van der Waals surface area (Å²) in [4.78, 5) is 16.5. The second-order valence-electron chi connectivity index (χ2n) is 5.77. The Morgan fingerprint density at radius 3 is 3.00 bits per heavy atom. The number of nitrogens with zero attached hydrogens (tertiary/aromatic N) is 5. The summed E-state index contributed by atoms with van der Waals surface area (Å²) < 4.78 is 7.75. The van der Waals surface area contributed by atoms with Gasteiger partial charge in [0.1, 0.15) is 11.6 Å². The maximum atomic E-state index is 12.4. The van der Waals surface area contributed by atoms with Gasteiger partial charge in [0.25, 0.3) is 0 Å². The molecule has 21 heavy (non-hydrogen) atoms. The van der Waals surface area contributed by atoms with Crippen molar-refractivity contribution in [2.24, 2.45) is 0 Å². The molecule has 0 radical (unpaired) electrons. The molecule has 1 atom stereocenters. The van der Waals surface area contributed by atoms with Gasteiger partial charge in [-0.2, -0.15) is 0 Å². The summed E-state index contributed by atoms with van der Waals surface area (Å²) in [5.74, 6) is 2.11. The molecule has 0 spiro atoms. The summed E-state index contributed by atoms with van der Waals surface area (Å²) in [6, 6.07) is 0. The molecule has 1 unspecified atom stereocenters. The molecular weight excluding hydrogens is 270 g/mol. The number of aromatic nitrogens is 3. The minimum Gasteiger partial charge on any atom is -0.375 e. The van der Waals surface area contributed by atoms with Crippen molar-refractivity contribution in [2.75, 3.05) is 32.8 Å².